The predicted molar refractivity (Wildman–Crippen MR) is 123 cm³/mol. The van der Waals surface area contributed by atoms with Crippen LogP contribution in [0.15, 0.2) is 66.0 Å². The summed E-state index contributed by atoms with van der Waals surface area (Å²) < 4.78 is 7.64. The Bertz CT molecular complexity index is 964. The average molecular weight is 419 g/mol. The molecule has 0 aliphatic heterocycles. The van der Waals surface area contributed by atoms with Crippen molar-refractivity contribution in [2.75, 3.05) is 19.7 Å². The third-order valence-electron chi connectivity index (χ3n) is 5.14. The Morgan fingerprint density at radius 3 is 2.74 bits per heavy atom. The lowest BCUT2D eigenvalue weighted by Crippen LogP contribution is -2.38. The Labute approximate surface area is 183 Å². The van der Waals surface area contributed by atoms with Crippen molar-refractivity contribution in [3.63, 3.8) is 0 Å². The standard InChI is InChI=1S/C24H30N6O/c1-2-25-24(28-17-21-11-13-26-23(16-21)31-18-20-4-5-20)27-14-10-19-6-8-22(9-7-19)30-15-3-12-29-30/h3,6-9,11-13,15-16,20H,2,4-5,10,14,17-18H2,1H3,(H2,25,27,28). The Morgan fingerprint density at radius 2 is 2.00 bits per heavy atom. The first-order valence-corrected chi connectivity index (χ1v) is 11.0. The quantitative estimate of drug-likeness (QED) is 0.390. The lowest BCUT2D eigenvalue weighted by Gasteiger charge is -2.12. The van der Waals surface area contributed by atoms with E-state index in [0.29, 0.717) is 12.4 Å². The third-order valence-corrected chi connectivity index (χ3v) is 5.14. The van der Waals surface area contributed by atoms with Gasteiger partial charge in [-0.15, -0.1) is 0 Å². The molecule has 7 nitrogen and oxygen atoms in total. The number of rotatable bonds is 10. The summed E-state index contributed by atoms with van der Waals surface area (Å²) in [6.45, 7) is 5.04. The average Bonchev–Trinajstić information content (AvgIpc) is 3.47. The van der Waals surface area contributed by atoms with E-state index in [1.807, 2.05) is 29.1 Å². The van der Waals surface area contributed by atoms with Crippen molar-refractivity contribution in [3.8, 4) is 11.6 Å². The van der Waals surface area contributed by atoms with E-state index in [9.17, 15) is 0 Å². The number of aliphatic imine (C=N–C) groups is 1. The van der Waals surface area contributed by atoms with E-state index in [4.69, 9.17) is 9.73 Å². The summed E-state index contributed by atoms with van der Waals surface area (Å²) >= 11 is 0. The normalized spacial score (nSPS) is 13.8. The molecule has 1 saturated carbocycles. The second-order valence-corrected chi connectivity index (χ2v) is 7.75. The number of nitrogens with one attached hydrogen (secondary N) is 2. The minimum absolute atomic E-state index is 0.580. The first kappa shape index (κ1) is 20.9. The van der Waals surface area contributed by atoms with Gasteiger partial charge in [-0.2, -0.15) is 5.10 Å². The van der Waals surface area contributed by atoms with E-state index in [1.165, 1.54) is 18.4 Å². The third kappa shape index (κ3) is 6.57. The van der Waals surface area contributed by atoms with Gasteiger partial charge in [0.1, 0.15) is 0 Å². The van der Waals surface area contributed by atoms with Gasteiger partial charge in [-0.25, -0.2) is 14.7 Å². The minimum atomic E-state index is 0.580. The van der Waals surface area contributed by atoms with Crippen molar-refractivity contribution in [1.29, 1.82) is 0 Å². The van der Waals surface area contributed by atoms with Crippen LogP contribution in [0.5, 0.6) is 5.88 Å². The Morgan fingerprint density at radius 1 is 1.13 bits per heavy atom. The maximum atomic E-state index is 5.77. The largest absolute Gasteiger partial charge is 0.477 e. The van der Waals surface area contributed by atoms with E-state index in [2.05, 4.69) is 51.9 Å². The lowest BCUT2D eigenvalue weighted by molar-refractivity contribution is 0.288. The van der Waals surface area contributed by atoms with Gasteiger partial charge in [0.2, 0.25) is 5.88 Å². The van der Waals surface area contributed by atoms with Gasteiger partial charge in [0, 0.05) is 37.7 Å². The number of ether oxygens (including phenoxy) is 1. The van der Waals surface area contributed by atoms with Crippen LogP contribution in [-0.4, -0.2) is 40.4 Å². The van der Waals surface area contributed by atoms with E-state index >= 15 is 0 Å². The number of pyridine rings is 1. The maximum Gasteiger partial charge on any atom is 0.213 e. The van der Waals surface area contributed by atoms with E-state index < -0.39 is 0 Å². The number of hydrogen-bond acceptors (Lipinski definition) is 4. The highest BCUT2D eigenvalue weighted by Crippen LogP contribution is 2.29. The second kappa shape index (κ2) is 10.6. The molecule has 1 fully saturated rings. The summed E-state index contributed by atoms with van der Waals surface area (Å²) in [5.74, 6) is 2.22. The van der Waals surface area contributed by atoms with Crippen molar-refractivity contribution in [2.45, 2.75) is 32.7 Å². The summed E-state index contributed by atoms with van der Waals surface area (Å²) in [7, 11) is 0. The summed E-state index contributed by atoms with van der Waals surface area (Å²) in [5, 5.41) is 11.0. The minimum Gasteiger partial charge on any atom is -0.477 e. The molecular formula is C24H30N6O. The Hall–Kier alpha value is -3.35. The fourth-order valence-electron chi connectivity index (χ4n) is 3.19. The summed E-state index contributed by atoms with van der Waals surface area (Å²) in [6, 6.07) is 14.4. The van der Waals surface area contributed by atoms with E-state index in [1.54, 1.807) is 12.4 Å². The molecule has 4 rings (SSSR count). The SMILES string of the molecule is CCNC(=NCc1ccnc(OCC2CC2)c1)NCCc1ccc(-n2cccn2)cc1. The molecule has 0 unspecified atom stereocenters. The zero-order chi connectivity index (χ0) is 21.3. The molecule has 2 heterocycles. The molecule has 0 saturated heterocycles. The zero-order valence-corrected chi connectivity index (χ0v) is 18.0. The molecule has 31 heavy (non-hydrogen) atoms. The van der Waals surface area contributed by atoms with E-state index in [-0.39, 0.29) is 0 Å². The maximum absolute atomic E-state index is 5.77. The van der Waals surface area contributed by atoms with Crippen molar-refractivity contribution >= 4 is 5.96 Å². The molecular weight excluding hydrogens is 388 g/mol. The molecule has 162 valence electrons. The molecule has 1 aliphatic rings. The smallest absolute Gasteiger partial charge is 0.213 e. The van der Waals surface area contributed by atoms with Crippen molar-refractivity contribution < 1.29 is 4.74 Å². The summed E-state index contributed by atoms with van der Waals surface area (Å²) in [5.41, 5.74) is 3.42. The van der Waals surface area contributed by atoms with Crippen LogP contribution in [0.25, 0.3) is 5.69 Å². The highest BCUT2D eigenvalue weighted by Gasteiger charge is 2.22. The first-order chi connectivity index (χ1) is 15.3. The molecule has 1 aliphatic carbocycles. The zero-order valence-electron chi connectivity index (χ0n) is 18.0. The predicted octanol–water partition coefficient (Wildman–Crippen LogP) is 3.35. The summed E-state index contributed by atoms with van der Waals surface area (Å²) in [4.78, 5) is 9.01. The number of aromatic nitrogens is 3. The van der Waals surface area contributed by atoms with E-state index in [0.717, 1.165) is 49.2 Å². The fraction of sp³-hybridized carbons (Fsp3) is 0.375. The van der Waals surface area contributed by atoms with Gasteiger partial charge in [-0.3, -0.25) is 0 Å². The molecule has 0 amide bonds. The number of guanidine groups is 1. The fourth-order valence-corrected chi connectivity index (χ4v) is 3.19. The molecule has 0 bridgehead atoms. The monoisotopic (exact) mass is 418 g/mol. The molecule has 2 N–H and O–H groups in total. The van der Waals surface area contributed by atoms with Crippen LogP contribution in [0.4, 0.5) is 0 Å². The van der Waals surface area contributed by atoms with Crippen LogP contribution in [0.3, 0.4) is 0 Å². The lowest BCUT2D eigenvalue weighted by atomic mass is 10.1. The van der Waals surface area contributed by atoms with Crippen LogP contribution < -0.4 is 15.4 Å². The van der Waals surface area contributed by atoms with Gasteiger partial charge < -0.3 is 15.4 Å². The van der Waals surface area contributed by atoms with Gasteiger partial charge in [0.25, 0.3) is 0 Å². The van der Waals surface area contributed by atoms with Gasteiger partial charge in [0.15, 0.2) is 5.96 Å². The molecule has 0 spiro atoms. The van der Waals surface area contributed by atoms with Crippen molar-refractivity contribution in [1.82, 2.24) is 25.4 Å². The molecule has 1 aromatic carbocycles. The molecule has 0 atom stereocenters. The number of nitrogens with zero attached hydrogens (tertiary/aromatic N) is 4. The number of hydrogen-bond donors (Lipinski definition) is 2. The van der Waals surface area contributed by atoms with Crippen molar-refractivity contribution in [3.05, 3.63) is 72.2 Å². The molecule has 2 aromatic heterocycles. The topological polar surface area (TPSA) is 76.4 Å². The van der Waals surface area contributed by atoms with Crippen LogP contribution in [0.1, 0.15) is 30.9 Å². The van der Waals surface area contributed by atoms with Crippen LogP contribution in [0, 0.1) is 5.92 Å². The first-order valence-electron chi connectivity index (χ1n) is 11.0. The highest BCUT2D eigenvalue weighted by molar-refractivity contribution is 5.79. The van der Waals surface area contributed by atoms with Crippen LogP contribution >= 0.6 is 0 Å². The van der Waals surface area contributed by atoms with Crippen LogP contribution in [-0.2, 0) is 13.0 Å². The van der Waals surface area contributed by atoms with Crippen LogP contribution in [0.2, 0.25) is 0 Å². The van der Waals surface area contributed by atoms with Gasteiger partial charge in [-0.1, -0.05) is 12.1 Å². The number of benzene rings is 1. The highest BCUT2D eigenvalue weighted by atomic mass is 16.5. The van der Waals surface area contributed by atoms with Gasteiger partial charge >= 0.3 is 0 Å². The molecule has 7 heteroatoms. The second-order valence-electron chi connectivity index (χ2n) is 7.75. The van der Waals surface area contributed by atoms with Gasteiger partial charge in [-0.05, 0) is 67.5 Å². The Balaban J connectivity index is 1.27. The Kier molecular flexibility index (Phi) is 7.16. The van der Waals surface area contributed by atoms with Crippen molar-refractivity contribution in [2.24, 2.45) is 10.9 Å². The molecule has 0 radical (unpaired) electrons. The van der Waals surface area contributed by atoms with Gasteiger partial charge in [0.05, 0.1) is 18.8 Å². The molecule has 3 aromatic rings. The summed E-state index contributed by atoms with van der Waals surface area (Å²) in [6.07, 6.45) is 8.99.